The zero-order valence-corrected chi connectivity index (χ0v) is 37.5. The third-order valence-corrected chi connectivity index (χ3v) is 14.3. The highest BCUT2D eigenvalue weighted by molar-refractivity contribution is 7.89. The first-order valence-electron chi connectivity index (χ1n) is 20.3. The number of carbonyl (C=O) groups excluding carboxylic acids is 2. The van der Waals surface area contributed by atoms with E-state index in [9.17, 15) is 35.2 Å². The van der Waals surface area contributed by atoms with Crippen LogP contribution in [-0.4, -0.2) is 98.9 Å². The van der Waals surface area contributed by atoms with E-state index in [1.54, 1.807) is 12.1 Å². The summed E-state index contributed by atoms with van der Waals surface area (Å²) < 4.78 is 83.2. The normalized spacial score (nSPS) is 15.8. The van der Waals surface area contributed by atoms with Crippen LogP contribution in [0.2, 0.25) is 0 Å². The minimum atomic E-state index is -4.17. The molecule has 0 atom stereocenters. The van der Waals surface area contributed by atoms with Crippen molar-refractivity contribution in [3.8, 4) is 22.8 Å². The number of rotatable bonds is 12. The number of hydrogen-bond donors (Lipinski definition) is 2. The second-order valence-electron chi connectivity index (χ2n) is 15.9. The Balaban J connectivity index is 0.000000195. The SMILES string of the molecule is Cc1cc(C)cc(-c2ncn(/C=C(/C(N)=O)c3cccc(S(=O)(=O)N4CCC(F)(F)C4)c3)n2)c1.Cc1cc(C)cc(-c2ncn(/C=C(/C(N)=O)c3cccc(S(=O)(=O)N4CCC4)c3)n2)c1. The molecule has 0 saturated carbocycles. The van der Waals surface area contributed by atoms with Crippen LogP contribution in [0.3, 0.4) is 0 Å². The lowest BCUT2D eigenvalue weighted by atomic mass is 10.1. The molecule has 20 heteroatoms. The minimum Gasteiger partial charge on any atom is -0.366 e. The molecule has 0 spiro atoms. The summed E-state index contributed by atoms with van der Waals surface area (Å²) in [6, 6.07) is 23.6. The van der Waals surface area contributed by atoms with Gasteiger partial charge in [-0.2, -0.15) is 8.61 Å². The summed E-state index contributed by atoms with van der Waals surface area (Å²) in [4.78, 5) is 32.9. The van der Waals surface area contributed by atoms with E-state index >= 15 is 0 Å². The van der Waals surface area contributed by atoms with Crippen molar-refractivity contribution in [2.45, 2.75) is 56.3 Å². The van der Waals surface area contributed by atoms with Gasteiger partial charge in [0.1, 0.15) is 12.7 Å². The number of aromatic nitrogens is 6. The van der Waals surface area contributed by atoms with E-state index in [-0.39, 0.29) is 33.0 Å². The number of primary amides is 2. The second kappa shape index (κ2) is 18.4. The van der Waals surface area contributed by atoms with Crippen molar-refractivity contribution in [3.05, 3.63) is 131 Å². The molecule has 2 saturated heterocycles. The molecule has 0 radical (unpaired) electrons. The Morgan fingerprint density at radius 1 is 0.615 bits per heavy atom. The smallest absolute Gasteiger partial charge is 0.262 e. The molecule has 4 heterocycles. The standard InChI is InChI=1S/C23H23F2N5O3S.C22H23N5O3S/c1-15-8-16(2)10-18(9-15)22-27-14-29(28-22)12-20(21(26)31)17-4-3-5-19(11-17)34(32,33)30-7-6-23(24,25)13-30;1-15-9-16(2)11-18(10-15)22-24-14-26(25-22)13-20(21(23)28)17-5-3-6-19(12-17)31(29,30)27-7-4-8-27/h3-5,8-12,14H,6-7,13H2,1-2H3,(H2,26,31);3,5-6,9-14H,4,7-8H2,1-2H3,(H2,23,28)/b20-12+;20-13+. The lowest BCUT2D eigenvalue weighted by Gasteiger charge is -2.29. The number of carbonyl (C=O) groups is 2. The van der Waals surface area contributed by atoms with Crippen LogP contribution in [0.25, 0.3) is 46.3 Å². The fraction of sp³-hybridized carbons (Fsp3) is 0.244. The summed E-state index contributed by atoms with van der Waals surface area (Å²) >= 11 is 0. The largest absolute Gasteiger partial charge is 0.366 e. The fourth-order valence-corrected chi connectivity index (χ4v) is 10.4. The van der Waals surface area contributed by atoms with Crippen molar-refractivity contribution in [3.63, 3.8) is 0 Å². The number of amides is 2. The highest BCUT2D eigenvalue weighted by atomic mass is 32.2. The molecule has 0 unspecified atom stereocenters. The van der Waals surface area contributed by atoms with Crippen molar-refractivity contribution in [1.82, 2.24) is 38.1 Å². The van der Waals surface area contributed by atoms with E-state index in [4.69, 9.17) is 11.5 Å². The summed E-state index contributed by atoms with van der Waals surface area (Å²) in [6.45, 7) is 7.78. The molecule has 0 bridgehead atoms. The summed E-state index contributed by atoms with van der Waals surface area (Å²) in [5.74, 6) is -3.62. The van der Waals surface area contributed by atoms with Gasteiger partial charge in [-0.25, -0.2) is 44.9 Å². The van der Waals surface area contributed by atoms with Gasteiger partial charge < -0.3 is 11.5 Å². The lowest BCUT2D eigenvalue weighted by Crippen LogP contribution is -2.41. The molecular weight excluding hydrogens is 879 g/mol. The molecule has 338 valence electrons. The van der Waals surface area contributed by atoms with Crippen LogP contribution < -0.4 is 11.5 Å². The van der Waals surface area contributed by atoms with Gasteiger partial charge >= 0.3 is 0 Å². The third-order valence-electron chi connectivity index (χ3n) is 10.5. The van der Waals surface area contributed by atoms with Gasteiger partial charge in [0.2, 0.25) is 20.0 Å². The van der Waals surface area contributed by atoms with Gasteiger partial charge in [-0.05, 0) is 93.8 Å². The van der Waals surface area contributed by atoms with Gasteiger partial charge in [0, 0.05) is 49.6 Å². The molecule has 0 aliphatic carbocycles. The number of nitrogens with two attached hydrogens (primary N) is 2. The molecule has 65 heavy (non-hydrogen) atoms. The summed E-state index contributed by atoms with van der Waals surface area (Å²) in [5, 5.41) is 8.80. The Morgan fingerprint density at radius 3 is 1.38 bits per heavy atom. The number of alkyl halides is 2. The molecule has 2 aromatic heterocycles. The van der Waals surface area contributed by atoms with Crippen molar-refractivity contribution in [2.75, 3.05) is 26.2 Å². The number of nitrogens with zero attached hydrogens (tertiary/aromatic N) is 8. The number of benzene rings is 4. The maximum absolute atomic E-state index is 13.6. The molecule has 16 nitrogen and oxygen atoms in total. The van der Waals surface area contributed by atoms with Crippen molar-refractivity contribution >= 4 is 55.4 Å². The quantitative estimate of drug-likeness (QED) is 0.146. The second-order valence-corrected chi connectivity index (χ2v) is 19.8. The highest BCUT2D eigenvalue weighted by Gasteiger charge is 2.43. The van der Waals surface area contributed by atoms with Crippen LogP contribution in [0.1, 0.15) is 46.2 Å². The molecule has 6 aromatic rings. The predicted molar refractivity (Wildman–Crippen MR) is 241 cm³/mol. The Morgan fingerprint density at radius 2 is 1.03 bits per heavy atom. The average Bonchev–Trinajstić information content (AvgIpc) is 3.98. The average molecular weight is 925 g/mol. The van der Waals surface area contributed by atoms with Gasteiger partial charge in [0.05, 0.1) is 27.5 Å². The zero-order valence-electron chi connectivity index (χ0n) is 35.9. The molecule has 8 rings (SSSR count). The van der Waals surface area contributed by atoms with Crippen LogP contribution in [-0.2, 0) is 29.6 Å². The van der Waals surface area contributed by atoms with E-state index in [0.29, 0.717) is 30.3 Å². The van der Waals surface area contributed by atoms with Crippen molar-refractivity contribution < 1.29 is 35.2 Å². The van der Waals surface area contributed by atoms with Crippen LogP contribution in [0.4, 0.5) is 8.78 Å². The van der Waals surface area contributed by atoms with Gasteiger partial charge in [-0.15, -0.1) is 10.2 Å². The van der Waals surface area contributed by atoms with E-state index in [2.05, 4.69) is 26.2 Å². The highest BCUT2D eigenvalue weighted by Crippen LogP contribution is 2.32. The number of aryl methyl sites for hydroxylation is 4. The molecule has 2 aliphatic rings. The molecular formula is C45H46F2N10O6S2. The fourth-order valence-electron chi connectivity index (χ4n) is 7.36. The molecule has 2 amide bonds. The monoisotopic (exact) mass is 924 g/mol. The lowest BCUT2D eigenvalue weighted by molar-refractivity contribution is -0.113. The first-order valence-corrected chi connectivity index (χ1v) is 23.2. The van der Waals surface area contributed by atoms with Crippen molar-refractivity contribution in [2.24, 2.45) is 11.5 Å². The van der Waals surface area contributed by atoms with Crippen LogP contribution in [0.15, 0.2) is 107 Å². The first-order chi connectivity index (χ1) is 30.7. The maximum atomic E-state index is 13.6. The number of sulfonamides is 2. The molecule has 2 fully saturated rings. The van der Waals surface area contributed by atoms with Gasteiger partial charge in [0.15, 0.2) is 11.6 Å². The molecule has 4 N–H and O–H groups in total. The van der Waals surface area contributed by atoms with Gasteiger partial charge in [-0.3, -0.25) is 9.59 Å². The van der Waals surface area contributed by atoms with Crippen LogP contribution in [0.5, 0.6) is 0 Å². The topological polar surface area (TPSA) is 222 Å². The third kappa shape index (κ3) is 10.6. The van der Waals surface area contributed by atoms with Crippen LogP contribution in [0, 0.1) is 27.7 Å². The Kier molecular flexibility index (Phi) is 13.1. The predicted octanol–water partition coefficient (Wildman–Crippen LogP) is 5.51. The number of halogens is 2. The van der Waals surface area contributed by atoms with Gasteiger partial charge in [-0.1, -0.05) is 58.7 Å². The Bertz CT molecular complexity index is 3060. The Labute approximate surface area is 375 Å². The minimum absolute atomic E-state index is 0.0133. The molecule has 4 aromatic carbocycles. The van der Waals surface area contributed by atoms with Crippen molar-refractivity contribution in [1.29, 1.82) is 0 Å². The summed E-state index contributed by atoms with van der Waals surface area (Å²) in [5.41, 5.74) is 17.9. The first kappa shape index (κ1) is 46.3. The maximum Gasteiger partial charge on any atom is 0.262 e. The Hall–Kier alpha value is -6.74. The van der Waals surface area contributed by atoms with Gasteiger partial charge in [0.25, 0.3) is 17.7 Å². The van der Waals surface area contributed by atoms with Crippen LogP contribution >= 0.6 is 0 Å². The van der Waals surface area contributed by atoms with E-state index in [0.717, 1.165) is 44.1 Å². The summed E-state index contributed by atoms with van der Waals surface area (Å²) in [6.07, 6.45) is 6.00. The summed E-state index contributed by atoms with van der Waals surface area (Å²) in [7, 11) is -7.74. The zero-order chi connectivity index (χ0) is 46.8. The van der Waals surface area contributed by atoms with E-state index < -0.39 is 50.7 Å². The molecule has 2 aliphatic heterocycles. The van der Waals surface area contributed by atoms with E-state index in [1.165, 1.54) is 75.1 Å². The number of hydrogen-bond acceptors (Lipinski definition) is 10. The van der Waals surface area contributed by atoms with E-state index in [1.807, 2.05) is 58.0 Å².